The van der Waals surface area contributed by atoms with Crippen LogP contribution in [0.2, 0.25) is 0 Å². The van der Waals surface area contributed by atoms with E-state index in [1.165, 1.54) is 12.1 Å². The molecule has 0 atom stereocenters. The van der Waals surface area contributed by atoms with Gasteiger partial charge in [0.05, 0.1) is 4.90 Å². The van der Waals surface area contributed by atoms with Crippen molar-refractivity contribution >= 4 is 38.4 Å². The largest absolute Gasteiger partial charge is 1.00 e. The first kappa shape index (κ1) is 13.6. The molecule has 0 radical (unpaired) electrons. The first-order chi connectivity index (χ1) is 5.95. The lowest BCUT2D eigenvalue weighted by atomic mass is 10.3. The van der Waals surface area contributed by atoms with E-state index in [0.717, 1.165) is 6.07 Å². The van der Waals surface area contributed by atoms with E-state index in [9.17, 15) is 8.42 Å². The minimum absolute atomic E-state index is 0. The Morgan fingerprint density at radius 3 is 2.36 bits per heavy atom. The zero-order valence-electron chi connectivity index (χ0n) is 6.55. The lowest BCUT2D eigenvalue weighted by Crippen LogP contribution is -3.00. The number of rotatable bonds is 1. The van der Waals surface area contributed by atoms with Crippen molar-refractivity contribution in [3.8, 4) is 0 Å². The molecule has 1 aromatic carbocycles. The van der Waals surface area contributed by atoms with Crippen molar-refractivity contribution in [3.05, 3.63) is 26.7 Å². The first-order valence-corrected chi connectivity index (χ1v) is 5.59. The zero-order chi connectivity index (χ0) is 10.1. The van der Waals surface area contributed by atoms with E-state index < -0.39 is 10.1 Å². The quantitative estimate of drug-likeness (QED) is 0.404. The highest BCUT2D eigenvalue weighted by atomic mass is 125. The Morgan fingerprint density at radius 2 is 2.00 bits per heavy atom. The summed E-state index contributed by atoms with van der Waals surface area (Å²) in [7, 11) is -4.18. The van der Waals surface area contributed by atoms with Crippen LogP contribution in [0.4, 0.5) is 5.69 Å². The van der Waals surface area contributed by atoms with Gasteiger partial charge in [0.15, 0.2) is 4.98 Å². The third-order valence-corrected chi connectivity index (χ3v) is 3.04. The molecule has 0 saturated carbocycles. The van der Waals surface area contributed by atoms with Gasteiger partial charge in [0.1, 0.15) is 3.57 Å². The van der Waals surface area contributed by atoms with Crippen LogP contribution in [-0.4, -0.2) is 13.0 Å². The molecule has 0 aliphatic heterocycles. The van der Waals surface area contributed by atoms with Crippen molar-refractivity contribution in [1.82, 2.24) is 0 Å². The third kappa shape index (κ3) is 3.06. The van der Waals surface area contributed by atoms with Crippen LogP contribution in [0.1, 0.15) is 0 Å². The van der Waals surface area contributed by atoms with Crippen molar-refractivity contribution in [2.24, 2.45) is 0 Å². The van der Waals surface area contributed by atoms with Gasteiger partial charge in [0, 0.05) is 6.07 Å². The van der Waals surface area contributed by atoms with Crippen LogP contribution < -0.4 is 12.4 Å². The molecule has 76 valence electrons. The minimum Gasteiger partial charge on any atom is -1.00 e. The van der Waals surface area contributed by atoms with Gasteiger partial charge in [-0.2, -0.15) is 8.42 Å². The second-order valence-corrected chi connectivity index (χ2v) is 4.77. The van der Waals surface area contributed by atoms with E-state index >= 15 is 0 Å². The summed E-state index contributed by atoms with van der Waals surface area (Å²) >= 11 is 1.80. The summed E-state index contributed by atoms with van der Waals surface area (Å²) in [6.07, 6.45) is 0. The highest BCUT2D eigenvalue weighted by Gasteiger charge is 2.16. The molecule has 0 unspecified atom stereocenters. The number of diazo groups is 1. The van der Waals surface area contributed by atoms with E-state index in [0.29, 0.717) is 3.57 Å². The van der Waals surface area contributed by atoms with Crippen LogP contribution in [0.15, 0.2) is 23.1 Å². The van der Waals surface area contributed by atoms with Gasteiger partial charge in [-0.1, -0.05) is 0 Å². The lowest BCUT2D eigenvalue weighted by Gasteiger charge is -1.94. The summed E-state index contributed by atoms with van der Waals surface area (Å²) in [6.45, 7) is 0. The second-order valence-electron chi connectivity index (χ2n) is 2.19. The summed E-state index contributed by atoms with van der Waals surface area (Å²) in [5.41, 5.74) is 0.257. The summed E-state index contributed by atoms with van der Waals surface area (Å²) in [5.74, 6) is 0. The Bertz CT molecular complexity index is 482. The Hall–Kier alpha value is -0.430. The fraction of sp³-hybridized carbons (Fsp3) is 0. The van der Waals surface area contributed by atoms with Gasteiger partial charge in [0.25, 0.3) is 10.1 Å². The number of nitrogens with zero attached hydrogens (tertiary/aromatic N) is 2. The summed E-state index contributed by atoms with van der Waals surface area (Å²) in [6, 6.07) is 3.67. The third-order valence-electron chi connectivity index (χ3n) is 1.32. The fourth-order valence-corrected chi connectivity index (χ4v) is 2.07. The fourth-order valence-electron chi connectivity index (χ4n) is 0.729. The number of hydrogen-bond acceptors (Lipinski definition) is 3. The van der Waals surface area contributed by atoms with Gasteiger partial charge in [-0.25, -0.2) is 0 Å². The van der Waals surface area contributed by atoms with Crippen LogP contribution in [0.3, 0.4) is 0 Å². The van der Waals surface area contributed by atoms with Crippen molar-refractivity contribution < 1.29 is 25.4 Å². The molecule has 0 aromatic heterocycles. The number of hydrogen-bond donors (Lipinski definition) is 1. The van der Waals surface area contributed by atoms with Gasteiger partial charge in [-0.05, 0) is 34.7 Å². The summed E-state index contributed by atoms with van der Waals surface area (Å²) in [5, 5.41) is 8.42. The predicted octanol–water partition coefficient (Wildman–Crippen LogP) is -0.974. The van der Waals surface area contributed by atoms with Crippen LogP contribution in [-0.2, 0) is 10.1 Å². The standard InChI is InChI=1S/C6H3IN2O3S.ClH/c7-5-3-4(13(10,11)12)1-2-6(5)9-8;/h1-3H;1H/i7-2;. The van der Waals surface area contributed by atoms with Crippen LogP contribution in [0.25, 0.3) is 4.98 Å². The maximum Gasteiger partial charge on any atom is 0.398 e. The highest BCUT2D eigenvalue weighted by molar-refractivity contribution is 14.1. The molecular formula is C6H4ClIN2O3S. The van der Waals surface area contributed by atoms with Crippen molar-refractivity contribution in [1.29, 1.82) is 5.39 Å². The van der Waals surface area contributed by atoms with Crippen molar-refractivity contribution in [3.63, 3.8) is 0 Å². The van der Waals surface area contributed by atoms with E-state index in [-0.39, 0.29) is 23.0 Å². The molecule has 0 aliphatic rings. The van der Waals surface area contributed by atoms with E-state index in [1.807, 2.05) is 0 Å². The van der Waals surface area contributed by atoms with Crippen molar-refractivity contribution in [2.45, 2.75) is 4.90 Å². The van der Waals surface area contributed by atoms with E-state index in [1.54, 1.807) is 22.6 Å². The van der Waals surface area contributed by atoms with Gasteiger partial charge < -0.3 is 12.4 Å². The predicted molar refractivity (Wildman–Crippen MR) is 53.7 cm³/mol. The van der Waals surface area contributed by atoms with Gasteiger partial charge in [-0.3, -0.25) is 4.55 Å². The number of halogens is 2. The molecule has 1 rings (SSSR count). The molecule has 0 amide bonds. The van der Waals surface area contributed by atoms with Crippen LogP contribution in [0.5, 0.6) is 0 Å². The molecular weight excluding hydrogens is 341 g/mol. The van der Waals surface area contributed by atoms with Crippen molar-refractivity contribution in [2.75, 3.05) is 0 Å². The molecule has 0 fully saturated rings. The molecule has 0 aliphatic carbocycles. The monoisotopic (exact) mass is 344 g/mol. The molecule has 0 heterocycles. The van der Waals surface area contributed by atoms with Crippen LogP contribution in [0, 0.1) is 8.96 Å². The Kier molecular flexibility index (Phi) is 4.73. The molecule has 14 heavy (non-hydrogen) atoms. The second kappa shape index (κ2) is 4.88. The van der Waals surface area contributed by atoms with Gasteiger partial charge in [-0.15, -0.1) is 0 Å². The van der Waals surface area contributed by atoms with Gasteiger partial charge in [0.2, 0.25) is 5.39 Å². The SMILES string of the molecule is N#[N+]c1ccc(S(=O)(=O)O)cc1[125I].[Cl-]. The average Bonchev–Trinajstić information content (AvgIpc) is 2.02. The Morgan fingerprint density at radius 1 is 1.43 bits per heavy atom. The summed E-state index contributed by atoms with van der Waals surface area (Å²) < 4.78 is 30.4. The smallest absolute Gasteiger partial charge is 0.398 e. The highest BCUT2D eigenvalue weighted by Crippen LogP contribution is 2.24. The minimum atomic E-state index is -4.18. The normalized spacial score (nSPS) is 10.1. The Labute approximate surface area is 100 Å². The van der Waals surface area contributed by atoms with E-state index in [2.05, 4.69) is 4.98 Å². The maximum atomic E-state index is 10.6. The zero-order valence-corrected chi connectivity index (χ0v) is 10.3. The first-order valence-electron chi connectivity index (χ1n) is 3.07. The lowest BCUT2D eigenvalue weighted by molar-refractivity contribution is -0.00000688. The Balaban J connectivity index is 0.00000169. The summed E-state index contributed by atoms with van der Waals surface area (Å²) in [4.78, 5) is 2.69. The van der Waals surface area contributed by atoms with E-state index in [4.69, 9.17) is 9.95 Å². The molecule has 1 N–H and O–H groups in total. The molecule has 8 heteroatoms. The maximum absolute atomic E-state index is 10.6. The van der Waals surface area contributed by atoms with Gasteiger partial charge >= 0.3 is 5.69 Å². The molecule has 5 nitrogen and oxygen atoms in total. The van der Waals surface area contributed by atoms with Crippen LogP contribution >= 0.6 is 22.6 Å². The molecule has 0 bridgehead atoms. The molecule has 0 saturated heterocycles. The average molecular weight is 345 g/mol. The molecule has 1 aromatic rings. The topological polar surface area (TPSA) is 82.5 Å². The number of benzene rings is 1. The molecule has 0 spiro atoms.